The van der Waals surface area contributed by atoms with Crippen LogP contribution in [0.3, 0.4) is 0 Å². The first-order valence-corrected chi connectivity index (χ1v) is 8.67. The maximum atomic E-state index is 12.3. The van der Waals surface area contributed by atoms with Crippen molar-refractivity contribution < 1.29 is 24.2 Å². The van der Waals surface area contributed by atoms with Crippen molar-refractivity contribution in [3.05, 3.63) is 89.2 Å². The molecule has 0 aromatic heterocycles. The quantitative estimate of drug-likeness (QED) is 0.745. The Labute approximate surface area is 157 Å². The van der Waals surface area contributed by atoms with E-state index < -0.39 is 5.97 Å². The second kappa shape index (κ2) is 8.85. The Hall–Kier alpha value is -3.34. The molecule has 2 aromatic carbocycles. The smallest absolute Gasteiger partial charge is 0.341 e. The van der Waals surface area contributed by atoms with Gasteiger partial charge in [0, 0.05) is 6.42 Å². The molecule has 1 aliphatic rings. The van der Waals surface area contributed by atoms with E-state index in [1.165, 1.54) is 0 Å². The molecule has 3 rings (SSSR count). The first-order chi connectivity index (χ1) is 13.1. The summed E-state index contributed by atoms with van der Waals surface area (Å²) in [6.07, 6.45) is 5.02. The molecule has 0 radical (unpaired) electrons. The Morgan fingerprint density at radius 1 is 0.963 bits per heavy atom. The Balaban J connectivity index is 1.65. The van der Waals surface area contributed by atoms with Crippen molar-refractivity contribution in [2.24, 2.45) is 0 Å². The molecule has 27 heavy (non-hydrogen) atoms. The van der Waals surface area contributed by atoms with Gasteiger partial charge in [-0.3, -0.25) is 0 Å². The molecule has 0 aliphatic heterocycles. The van der Waals surface area contributed by atoms with Crippen LogP contribution in [0.1, 0.15) is 34.3 Å². The van der Waals surface area contributed by atoms with Crippen molar-refractivity contribution in [2.75, 3.05) is 6.61 Å². The molecule has 0 saturated carbocycles. The van der Waals surface area contributed by atoms with Crippen molar-refractivity contribution in [1.82, 2.24) is 0 Å². The summed E-state index contributed by atoms with van der Waals surface area (Å²) in [6, 6.07) is 16.9. The first kappa shape index (κ1) is 18.5. The van der Waals surface area contributed by atoms with Crippen molar-refractivity contribution in [3.8, 4) is 0 Å². The number of hydrogen-bond donors (Lipinski definition) is 1. The zero-order valence-electron chi connectivity index (χ0n) is 14.8. The molecule has 0 saturated heterocycles. The summed E-state index contributed by atoms with van der Waals surface area (Å²) in [5.74, 6) is -0.704. The molecule has 0 fully saturated rings. The monoisotopic (exact) mass is 364 g/mol. The van der Waals surface area contributed by atoms with E-state index in [-0.39, 0.29) is 19.2 Å². The van der Waals surface area contributed by atoms with Gasteiger partial charge in [0.2, 0.25) is 0 Å². The average Bonchev–Trinajstić information content (AvgIpc) is 2.71. The Bertz CT molecular complexity index is 881. The van der Waals surface area contributed by atoms with Crippen LogP contribution in [-0.2, 0) is 20.9 Å². The molecule has 0 heterocycles. The van der Waals surface area contributed by atoms with Gasteiger partial charge in [0.05, 0.1) is 11.3 Å². The molecule has 5 heteroatoms. The highest BCUT2D eigenvalue weighted by atomic mass is 16.5. The lowest BCUT2D eigenvalue weighted by atomic mass is 9.95. The van der Waals surface area contributed by atoms with Crippen LogP contribution in [0, 0.1) is 0 Å². The van der Waals surface area contributed by atoms with Crippen LogP contribution in [0.2, 0.25) is 0 Å². The highest BCUT2D eigenvalue weighted by molar-refractivity contribution is 5.90. The molecule has 0 spiro atoms. The number of carbonyl (C=O) groups is 2. The standard InChI is InChI=1S/C22H20O5/c23-21(24)15-26-20-11-9-17(10-12-20)18-7-4-8-19(13-18)22(25)27-14-16-5-2-1-3-6-16/h1-9,11,13H,10,12,14-15H2,(H,23,24). The number of rotatable bonds is 7. The van der Waals surface area contributed by atoms with E-state index in [4.69, 9.17) is 14.6 Å². The van der Waals surface area contributed by atoms with E-state index >= 15 is 0 Å². The van der Waals surface area contributed by atoms with Gasteiger partial charge in [-0.1, -0.05) is 48.5 Å². The maximum Gasteiger partial charge on any atom is 0.341 e. The summed E-state index contributed by atoms with van der Waals surface area (Å²) in [6.45, 7) is -0.0998. The molecule has 2 aromatic rings. The number of carboxylic acid groups (broad SMARTS) is 1. The molecule has 5 nitrogen and oxygen atoms in total. The van der Waals surface area contributed by atoms with Gasteiger partial charge >= 0.3 is 11.9 Å². The number of carbonyl (C=O) groups excluding carboxylic acids is 1. The van der Waals surface area contributed by atoms with Crippen LogP contribution in [-0.4, -0.2) is 23.7 Å². The fraction of sp³-hybridized carbons (Fsp3) is 0.182. The predicted molar refractivity (Wildman–Crippen MR) is 101 cm³/mol. The minimum atomic E-state index is -0.993. The third-order valence-corrected chi connectivity index (χ3v) is 4.17. The average molecular weight is 364 g/mol. The number of ether oxygens (including phenoxy) is 2. The zero-order chi connectivity index (χ0) is 19.1. The highest BCUT2D eigenvalue weighted by Gasteiger charge is 2.13. The summed E-state index contributed by atoms with van der Waals surface area (Å²) >= 11 is 0. The highest BCUT2D eigenvalue weighted by Crippen LogP contribution is 2.28. The van der Waals surface area contributed by atoms with Crippen LogP contribution in [0.5, 0.6) is 0 Å². The molecule has 0 unspecified atom stereocenters. The summed E-state index contributed by atoms with van der Waals surface area (Å²) in [4.78, 5) is 22.9. The van der Waals surface area contributed by atoms with Gasteiger partial charge in [0.1, 0.15) is 6.61 Å². The van der Waals surface area contributed by atoms with Gasteiger partial charge in [-0.25, -0.2) is 9.59 Å². The van der Waals surface area contributed by atoms with Crippen LogP contribution in [0.25, 0.3) is 5.57 Å². The first-order valence-electron chi connectivity index (χ1n) is 8.67. The fourth-order valence-corrected chi connectivity index (χ4v) is 2.79. The molecule has 1 aliphatic carbocycles. The van der Waals surface area contributed by atoms with E-state index in [0.29, 0.717) is 24.2 Å². The molecule has 0 amide bonds. The number of allylic oxidation sites excluding steroid dienone is 4. The van der Waals surface area contributed by atoms with Gasteiger partial charge in [-0.15, -0.1) is 0 Å². The predicted octanol–water partition coefficient (Wildman–Crippen LogP) is 4.21. The molecular weight excluding hydrogens is 344 g/mol. The Morgan fingerprint density at radius 2 is 1.78 bits per heavy atom. The lowest BCUT2D eigenvalue weighted by molar-refractivity contribution is -0.140. The van der Waals surface area contributed by atoms with Crippen LogP contribution in [0.4, 0.5) is 0 Å². The molecule has 0 atom stereocenters. The van der Waals surface area contributed by atoms with Crippen molar-refractivity contribution in [2.45, 2.75) is 19.4 Å². The van der Waals surface area contributed by atoms with Crippen molar-refractivity contribution in [3.63, 3.8) is 0 Å². The number of hydrogen-bond acceptors (Lipinski definition) is 4. The fourth-order valence-electron chi connectivity index (χ4n) is 2.79. The zero-order valence-corrected chi connectivity index (χ0v) is 14.8. The van der Waals surface area contributed by atoms with Gasteiger partial charge in [0.25, 0.3) is 0 Å². The molecule has 1 N–H and O–H groups in total. The normalized spacial score (nSPS) is 13.3. The van der Waals surface area contributed by atoms with E-state index in [1.807, 2.05) is 54.6 Å². The SMILES string of the molecule is O=C(O)COC1=CC=C(c2cccc(C(=O)OCc3ccccc3)c2)CC1. The largest absolute Gasteiger partial charge is 0.486 e. The lowest BCUT2D eigenvalue weighted by Gasteiger charge is -2.15. The third kappa shape index (κ3) is 5.31. The topological polar surface area (TPSA) is 72.8 Å². The van der Waals surface area contributed by atoms with E-state index in [9.17, 15) is 9.59 Å². The Morgan fingerprint density at radius 3 is 2.48 bits per heavy atom. The van der Waals surface area contributed by atoms with Crippen molar-refractivity contribution in [1.29, 1.82) is 0 Å². The number of aliphatic carboxylic acids is 1. The molecular formula is C22H20O5. The minimum absolute atomic E-state index is 0.236. The number of carboxylic acids is 1. The Kier molecular flexibility index (Phi) is 6.05. The van der Waals surface area contributed by atoms with Crippen molar-refractivity contribution >= 4 is 17.5 Å². The summed E-state index contributed by atoms with van der Waals surface area (Å²) in [5, 5.41) is 8.66. The molecule has 0 bridgehead atoms. The van der Waals surface area contributed by atoms with Gasteiger partial charge in [-0.2, -0.15) is 0 Å². The van der Waals surface area contributed by atoms with E-state index in [2.05, 4.69) is 0 Å². The van der Waals surface area contributed by atoms with E-state index in [0.717, 1.165) is 16.7 Å². The van der Waals surface area contributed by atoms with Crippen LogP contribution >= 0.6 is 0 Å². The second-order valence-electron chi connectivity index (χ2n) is 6.15. The lowest BCUT2D eigenvalue weighted by Crippen LogP contribution is -2.08. The van der Waals surface area contributed by atoms with Crippen LogP contribution in [0.15, 0.2) is 72.5 Å². The summed E-state index contributed by atoms with van der Waals surface area (Å²) in [5.41, 5.74) is 3.45. The summed E-state index contributed by atoms with van der Waals surface area (Å²) in [7, 11) is 0. The van der Waals surface area contributed by atoms with Gasteiger partial charge < -0.3 is 14.6 Å². The van der Waals surface area contributed by atoms with Crippen LogP contribution < -0.4 is 0 Å². The summed E-state index contributed by atoms with van der Waals surface area (Å²) < 4.78 is 10.6. The van der Waals surface area contributed by atoms with Gasteiger partial charge in [-0.05, 0) is 41.3 Å². The minimum Gasteiger partial charge on any atom is -0.486 e. The number of esters is 1. The maximum absolute atomic E-state index is 12.3. The number of benzene rings is 2. The molecule has 138 valence electrons. The second-order valence-corrected chi connectivity index (χ2v) is 6.15. The third-order valence-electron chi connectivity index (χ3n) is 4.17. The van der Waals surface area contributed by atoms with Gasteiger partial charge in [0.15, 0.2) is 6.61 Å². The van der Waals surface area contributed by atoms with E-state index in [1.54, 1.807) is 12.1 Å².